The first-order valence-electron chi connectivity index (χ1n) is 13.6. The molecule has 0 radical (unpaired) electrons. The predicted octanol–water partition coefficient (Wildman–Crippen LogP) is 4.29. The van der Waals surface area contributed by atoms with Crippen LogP contribution in [0.1, 0.15) is 38.3 Å². The van der Waals surface area contributed by atoms with Crippen molar-refractivity contribution in [1.29, 1.82) is 0 Å². The average Bonchev–Trinajstić information content (AvgIpc) is 3.50. The van der Waals surface area contributed by atoms with Gasteiger partial charge < -0.3 is 29.4 Å². The summed E-state index contributed by atoms with van der Waals surface area (Å²) in [5, 5.41) is 15.5. The number of carbonyl (C=O) groups excluding carboxylic acids is 2. The number of benzene rings is 2. The van der Waals surface area contributed by atoms with E-state index in [2.05, 4.69) is 26.7 Å². The molecule has 0 bridgehead atoms. The molecule has 0 spiro atoms. The first-order chi connectivity index (χ1) is 19.5. The number of carbonyl (C=O) groups is 2. The van der Waals surface area contributed by atoms with Gasteiger partial charge in [0.25, 0.3) is 0 Å². The van der Waals surface area contributed by atoms with Crippen LogP contribution in [0, 0.1) is 11.7 Å². The fourth-order valence-corrected chi connectivity index (χ4v) is 5.06. The van der Waals surface area contributed by atoms with E-state index in [0.717, 1.165) is 10.0 Å². The lowest BCUT2D eigenvalue weighted by Crippen LogP contribution is -2.54. The van der Waals surface area contributed by atoms with Crippen LogP contribution in [0.3, 0.4) is 0 Å². The van der Waals surface area contributed by atoms with E-state index in [-0.39, 0.29) is 38.3 Å². The molecule has 41 heavy (non-hydrogen) atoms. The van der Waals surface area contributed by atoms with Crippen molar-refractivity contribution in [1.82, 2.24) is 15.8 Å². The fourth-order valence-electron chi connectivity index (χ4n) is 4.79. The molecule has 5 atom stereocenters. The Bertz CT molecular complexity index is 1180. The smallest absolute Gasteiger partial charge is 0.422 e. The zero-order chi connectivity index (χ0) is 29.6. The van der Waals surface area contributed by atoms with Crippen molar-refractivity contribution in [2.45, 2.75) is 70.3 Å². The molecule has 3 N–H and O–H groups in total. The molecule has 2 heterocycles. The summed E-state index contributed by atoms with van der Waals surface area (Å²) in [6.07, 6.45) is -2.53. The van der Waals surface area contributed by atoms with Crippen LogP contribution < -0.4 is 10.7 Å². The van der Waals surface area contributed by atoms with E-state index >= 15 is 0 Å². The van der Waals surface area contributed by atoms with Crippen LogP contribution in [0.4, 0.5) is 14.0 Å². The molecule has 2 fully saturated rings. The molecule has 2 aromatic carbocycles. The predicted molar refractivity (Wildman–Crippen MR) is 151 cm³/mol. The van der Waals surface area contributed by atoms with Crippen LogP contribution in [-0.2, 0) is 31.9 Å². The standard InChI is InChI=1S/C29H37BrFN3O7/c1-29(2,3)41-27(36)32-23(14-18-8-10-20(30)11-9-18)24(35)16-34(15-19-6-4-5-7-22(19)31)33-28(37)40-25-17-39-26-21(25)12-13-38-26/h4-11,21,23-26,35H,12-17H2,1-3H3,(H,32,36)(H,33,37)/t21-,23-,24-,25-,26+/m0/s1. The summed E-state index contributed by atoms with van der Waals surface area (Å²) in [6, 6.07) is 12.8. The topological polar surface area (TPSA) is 119 Å². The third-order valence-corrected chi connectivity index (χ3v) is 7.28. The second-order valence-corrected chi connectivity index (χ2v) is 12.1. The summed E-state index contributed by atoms with van der Waals surface area (Å²) in [7, 11) is 0. The molecule has 224 valence electrons. The van der Waals surface area contributed by atoms with E-state index < -0.39 is 41.9 Å². The second kappa shape index (κ2) is 13.9. The van der Waals surface area contributed by atoms with Gasteiger partial charge in [-0.25, -0.2) is 19.0 Å². The van der Waals surface area contributed by atoms with E-state index in [9.17, 15) is 19.1 Å². The number of fused-ring (bicyclic) bond motifs is 1. The highest BCUT2D eigenvalue weighted by atomic mass is 79.9. The maximum absolute atomic E-state index is 14.6. The quantitative estimate of drug-likeness (QED) is 0.330. The number of hydrogen-bond donors (Lipinski definition) is 3. The van der Waals surface area contributed by atoms with E-state index in [1.807, 2.05) is 24.3 Å². The molecular weight excluding hydrogens is 601 g/mol. The van der Waals surface area contributed by atoms with Gasteiger partial charge >= 0.3 is 12.2 Å². The van der Waals surface area contributed by atoms with Gasteiger partial charge in [0.15, 0.2) is 6.29 Å². The minimum atomic E-state index is -1.19. The normalized spacial score (nSPS) is 21.7. The number of nitrogens with one attached hydrogen (secondary N) is 2. The van der Waals surface area contributed by atoms with Crippen LogP contribution in [0.5, 0.6) is 0 Å². The highest BCUT2D eigenvalue weighted by Crippen LogP contribution is 2.33. The van der Waals surface area contributed by atoms with Crippen LogP contribution in [-0.4, -0.2) is 72.2 Å². The maximum atomic E-state index is 14.6. The molecule has 0 aromatic heterocycles. The molecule has 2 amide bonds. The lowest BCUT2D eigenvalue weighted by Gasteiger charge is -2.31. The molecule has 2 saturated heterocycles. The number of halogens is 2. The molecule has 0 aliphatic carbocycles. The number of alkyl carbamates (subject to hydrolysis) is 1. The van der Waals surface area contributed by atoms with E-state index in [4.69, 9.17) is 18.9 Å². The number of nitrogens with zero attached hydrogens (tertiary/aromatic N) is 1. The Kier molecular flexibility index (Phi) is 10.6. The number of rotatable bonds is 10. The number of aliphatic hydroxyl groups excluding tert-OH is 1. The lowest BCUT2D eigenvalue weighted by molar-refractivity contribution is -0.0907. The van der Waals surface area contributed by atoms with Gasteiger partial charge in [0.05, 0.1) is 31.3 Å². The van der Waals surface area contributed by atoms with Gasteiger partial charge in [0.1, 0.15) is 17.5 Å². The Hall–Kier alpha value is -2.77. The van der Waals surface area contributed by atoms with E-state index in [0.29, 0.717) is 18.6 Å². The van der Waals surface area contributed by atoms with Gasteiger partial charge in [-0.15, -0.1) is 0 Å². The van der Waals surface area contributed by atoms with Gasteiger partial charge in [0, 0.05) is 23.1 Å². The van der Waals surface area contributed by atoms with Crippen molar-refractivity contribution < 1.29 is 38.0 Å². The number of hydrazine groups is 1. The minimum Gasteiger partial charge on any atom is -0.444 e. The van der Waals surface area contributed by atoms with E-state index in [1.165, 1.54) is 11.1 Å². The zero-order valence-electron chi connectivity index (χ0n) is 23.3. The van der Waals surface area contributed by atoms with Crippen molar-refractivity contribution in [3.8, 4) is 0 Å². The summed E-state index contributed by atoms with van der Waals surface area (Å²) in [5.74, 6) is -0.518. The minimum absolute atomic E-state index is 0.0559. The van der Waals surface area contributed by atoms with Crippen LogP contribution in [0.15, 0.2) is 53.0 Å². The molecule has 0 saturated carbocycles. The molecular formula is C29H37BrFN3O7. The molecule has 10 nitrogen and oxygen atoms in total. The zero-order valence-corrected chi connectivity index (χ0v) is 24.9. The van der Waals surface area contributed by atoms with Crippen molar-refractivity contribution in [3.05, 3.63) is 69.9 Å². The lowest BCUT2D eigenvalue weighted by atomic mass is 10.0. The molecule has 2 aliphatic rings. The Labute approximate surface area is 247 Å². The Morgan fingerprint density at radius 1 is 1.15 bits per heavy atom. The number of hydrogen-bond acceptors (Lipinski definition) is 8. The summed E-state index contributed by atoms with van der Waals surface area (Å²) >= 11 is 3.41. The fraction of sp³-hybridized carbons (Fsp3) is 0.517. The SMILES string of the molecule is CC(C)(C)OC(=O)N[C@@H](Cc1ccc(Br)cc1)[C@@H](O)CN(Cc1ccccc1F)NC(=O)O[C@H]1CO[C@H]2OCC[C@H]21. The molecule has 2 aromatic rings. The number of amides is 2. The second-order valence-electron chi connectivity index (χ2n) is 11.2. The van der Waals surface area contributed by atoms with Crippen molar-refractivity contribution in [2.24, 2.45) is 5.92 Å². The number of ether oxygens (including phenoxy) is 4. The molecule has 2 aliphatic heterocycles. The first kappa shape index (κ1) is 31.2. The Morgan fingerprint density at radius 2 is 1.88 bits per heavy atom. The van der Waals surface area contributed by atoms with Crippen LogP contribution in [0.25, 0.3) is 0 Å². The van der Waals surface area contributed by atoms with Gasteiger partial charge in [-0.1, -0.05) is 46.3 Å². The highest BCUT2D eigenvalue weighted by molar-refractivity contribution is 9.10. The van der Waals surface area contributed by atoms with Crippen LogP contribution >= 0.6 is 15.9 Å². The van der Waals surface area contributed by atoms with Gasteiger partial charge in [-0.3, -0.25) is 5.43 Å². The van der Waals surface area contributed by atoms with Crippen molar-refractivity contribution >= 4 is 28.1 Å². The van der Waals surface area contributed by atoms with Gasteiger partial charge in [-0.05, 0) is 57.4 Å². The summed E-state index contributed by atoms with van der Waals surface area (Å²) in [6.45, 7) is 5.76. The van der Waals surface area contributed by atoms with E-state index in [1.54, 1.807) is 39.0 Å². The monoisotopic (exact) mass is 637 g/mol. The summed E-state index contributed by atoms with van der Waals surface area (Å²) in [4.78, 5) is 25.6. The first-order valence-corrected chi connectivity index (χ1v) is 14.4. The maximum Gasteiger partial charge on any atom is 0.422 e. The highest BCUT2D eigenvalue weighted by Gasteiger charge is 2.44. The third kappa shape index (κ3) is 9.37. The Morgan fingerprint density at radius 3 is 2.59 bits per heavy atom. The molecule has 4 rings (SSSR count). The van der Waals surface area contributed by atoms with Gasteiger partial charge in [-0.2, -0.15) is 0 Å². The van der Waals surface area contributed by atoms with Crippen LogP contribution in [0.2, 0.25) is 0 Å². The molecule has 0 unspecified atom stereocenters. The third-order valence-electron chi connectivity index (χ3n) is 6.75. The average molecular weight is 639 g/mol. The molecule has 12 heteroatoms. The summed E-state index contributed by atoms with van der Waals surface area (Å²) in [5.41, 5.74) is 3.06. The summed E-state index contributed by atoms with van der Waals surface area (Å²) < 4.78 is 37.5. The van der Waals surface area contributed by atoms with Crippen molar-refractivity contribution in [2.75, 3.05) is 19.8 Å². The number of aliphatic hydroxyl groups is 1. The largest absolute Gasteiger partial charge is 0.444 e. The van der Waals surface area contributed by atoms with Crippen molar-refractivity contribution in [3.63, 3.8) is 0 Å². The van der Waals surface area contributed by atoms with Gasteiger partial charge in [0.2, 0.25) is 0 Å². The Balaban J connectivity index is 1.49.